The third-order valence-corrected chi connectivity index (χ3v) is 3.98. The van der Waals surface area contributed by atoms with Crippen LogP contribution in [0, 0.1) is 11.8 Å². The standard InChI is InChI=1S/C16H22ClNO2/c1-11-8-12(2)10-18(9-11)16(19)13(3)20-15-7-5-4-6-14(15)17/h4-7,11-13H,8-10H2,1-3H3. The number of hydrogen-bond acceptors (Lipinski definition) is 2. The second-order valence-corrected chi connectivity index (χ2v) is 6.29. The van der Waals surface area contributed by atoms with Crippen molar-refractivity contribution in [2.24, 2.45) is 11.8 Å². The molecule has 0 spiro atoms. The minimum absolute atomic E-state index is 0.0447. The van der Waals surface area contributed by atoms with E-state index in [0.717, 1.165) is 13.1 Å². The van der Waals surface area contributed by atoms with Crippen molar-refractivity contribution in [2.75, 3.05) is 13.1 Å². The smallest absolute Gasteiger partial charge is 0.263 e. The predicted octanol–water partition coefficient (Wildman–Crippen LogP) is 3.61. The molecule has 0 N–H and O–H groups in total. The van der Waals surface area contributed by atoms with Gasteiger partial charge < -0.3 is 9.64 Å². The summed E-state index contributed by atoms with van der Waals surface area (Å²) in [5.74, 6) is 1.71. The Morgan fingerprint density at radius 2 is 1.90 bits per heavy atom. The van der Waals surface area contributed by atoms with E-state index in [1.54, 1.807) is 19.1 Å². The molecule has 1 fully saturated rings. The Morgan fingerprint density at radius 3 is 2.50 bits per heavy atom. The lowest BCUT2D eigenvalue weighted by molar-refractivity contribution is -0.140. The zero-order valence-electron chi connectivity index (χ0n) is 12.3. The Labute approximate surface area is 125 Å². The number of hydrogen-bond donors (Lipinski definition) is 0. The van der Waals surface area contributed by atoms with E-state index >= 15 is 0 Å². The first-order valence-electron chi connectivity index (χ1n) is 7.17. The number of para-hydroxylation sites is 1. The van der Waals surface area contributed by atoms with E-state index in [4.69, 9.17) is 16.3 Å². The summed E-state index contributed by atoms with van der Waals surface area (Å²) in [6.07, 6.45) is 0.677. The van der Waals surface area contributed by atoms with E-state index in [2.05, 4.69) is 13.8 Å². The molecule has 0 radical (unpaired) electrons. The molecule has 0 aliphatic carbocycles. The van der Waals surface area contributed by atoms with E-state index in [1.165, 1.54) is 6.42 Å². The number of carbonyl (C=O) groups excluding carboxylic acids is 1. The first-order valence-corrected chi connectivity index (χ1v) is 7.55. The van der Waals surface area contributed by atoms with Gasteiger partial charge in [0.2, 0.25) is 0 Å². The topological polar surface area (TPSA) is 29.5 Å². The number of nitrogens with zero attached hydrogens (tertiary/aromatic N) is 1. The molecule has 1 aliphatic heterocycles. The molecule has 4 heteroatoms. The van der Waals surface area contributed by atoms with Crippen LogP contribution in [0.3, 0.4) is 0 Å². The summed E-state index contributed by atoms with van der Waals surface area (Å²) in [4.78, 5) is 14.4. The van der Waals surface area contributed by atoms with Gasteiger partial charge in [-0.05, 0) is 37.3 Å². The van der Waals surface area contributed by atoms with Gasteiger partial charge in [0.15, 0.2) is 6.10 Å². The summed E-state index contributed by atoms with van der Waals surface area (Å²) in [5, 5.41) is 0.535. The number of benzene rings is 1. The molecule has 0 saturated carbocycles. The van der Waals surface area contributed by atoms with Crippen molar-refractivity contribution in [3.8, 4) is 5.75 Å². The van der Waals surface area contributed by atoms with Crippen molar-refractivity contribution in [3.63, 3.8) is 0 Å². The molecule has 0 aromatic heterocycles. The Kier molecular flexibility index (Phi) is 4.92. The fraction of sp³-hybridized carbons (Fsp3) is 0.562. The fourth-order valence-corrected chi connectivity index (χ4v) is 3.06. The molecule has 2 rings (SSSR count). The van der Waals surface area contributed by atoms with Gasteiger partial charge in [0, 0.05) is 13.1 Å². The highest BCUT2D eigenvalue weighted by atomic mass is 35.5. The van der Waals surface area contributed by atoms with E-state index in [-0.39, 0.29) is 5.91 Å². The van der Waals surface area contributed by atoms with Gasteiger partial charge in [-0.3, -0.25) is 4.79 Å². The predicted molar refractivity (Wildman–Crippen MR) is 81.1 cm³/mol. The highest BCUT2D eigenvalue weighted by Crippen LogP contribution is 2.26. The number of piperidine rings is 1. The Hall–Kier alpha value is -1.22. The van der Waals surface area contributed by atoms with E-state index < -0.39 is 6.10 Å². The summed E-state index contributed by atoms with van der Waals surface area (Å²) < 4.78 is 5.71. The largest absolute Gasteiger partial charge is 0.479 e. The maximum absolute atomic E-state index is 12.5. The van der Waals surface area contributed by atoms with Crippen molar-refractivity contribution in [2.45, 2.75) is 33.3 Å². The van der Waals surface area contributed by atoms with E-state index in [0.29, 0.717) is 22.6 Å². The Bertz CT molecular complexity index is 467. The van der Waals surface area contributed by atoms with Gasteiger partial charge in [0.1, 0.15) is 5.75 Å². The second kappa shape index (κ2) is 6.49. The summed E-state index contributed by atoms with van der Waals surface area (Å²) in [6.45, 7) is 7.81. The van der Waals surface area contributed by atoms with Crippen molar-refractivity contribution < 1.29 is 9.53 Å². The van der Waals surface area contributed by atoms with Gasteiger partial charge in [-0.15, -0.1) is 0 Å². The number of amides is 1. The number of carbonyl (C=O) groups is 1. The average molecular weight is 296 g/mol. The van der Waals surface area contributed by atoms with Crippen LogP contribution < -0.4 is 4.74 Å². The highest BCUT2D eigenvalue weighted by molar-refractivity contribution is 6.32. The van der Waals surface area contributed by atoms with Crippen LogP contribution in [0.4, 0.5) is 0 Å². The van der Waals surface area contributed by atoms with Crippen molar-refractivity contribution in [1.29, 1.82) is 0 Å². The van der Waals surface area contributed by atoms with Crippen molar-refractivity contribution in [1.82, 2.24) is 4.90 Å². The van der Waals surface area contributed by atoms with Crippen LogP contribution in [-0.4, -0.2) is 30.0 Å². The maximum Gasteiger partial charge on any atom is 0.263 e. The maximum atomic E-state index is 12.5. The van der Waals surface area contributed by atoms with Crippen LogP contribution in [0.25, 0.3) is 0 Å². The molecule has 1 saturated heterocycles. The number of halogens is 1. The number of ether oxygens (including phenoxy) is 1. The lowest BCUT2D eigenvalue weighted by Crippen LogP contribution is -2.47. The highest BCUT2D eigenvalue weighted by Gasteiger charge is 2.29. The molecule has 1 heterocycles. The molecule has 3 nitrogen and oxygen atoms in total. The molecule has 0 bridgehead atoms. The van der Waals surface area contributed by atoms with Crippen molar-refractivity contribution in [3.05, 3.63) is 29.3 Å². The Morgan fingerprint density at radius 1 is 1.30 bits per heavy atom. The lowest BCUT2D eigenvalue weighted by atomic mass is 9.91. The van der Waals surface area contributed by atoms with Crippen LogP contribution in [0.5, 0.6) is 5.75 Å². The summed E-state index contributed by atoms with van der Waals surface area (Å²) in [5.41, 5.74) is 0. The van der Waals surface area contributed by atoms with Gasteiger partial charge in [-0.2, -0.15) is 0 Å². The zero-order valence-corrected chi connectivity index (χ0v) is 13.1. The van der Waals surface area contributed by atoms with E-state index in [1.807, 2.05) is 17.0 Å². The normalized spacial score (nSPS) is 24.3. The Balaban J connectivity index is 2.00. The number of likely N-dealkylation sites (tertiary alicyclic amines) is 1. The summed E-state index contributed by atoms with van der Waals surface area (Å²) in [6, 6.07) is 7.24. The van der Waals surface area contributed by atoms with Gasteiger partial charge in [0.05, 0.1) is 5.02 Å². The molecule has 20 heavy (non-hydrogen) atoms. The molecule has 1 aromatic carbocycles. The monoisotopic (exact) mass is 295 g/mol. The zero-order chi connectivity index (χ0) is 14.7. The molecule has 110 valence electrons. The molecule has 1 aromatic rings. The van der Waals surface area contributed by atoms with Gasteiger partial charge in [0.25, 0.3) is 5.91 Å². The van der Waals surface area contributed by atoms with Crippen LogP contribution in [-0.2, 0) is 4.79 Å². The molecule has 1 amide bonds. The van der Waals surface area contributed by atoms with Crippen molar-refractivity contribution >= 4 is 17.5 Å². The minimum Gasteiger partial charge on any atom is -0.479 e. The molecule has 3 atom stereocenters. The van der Waals surface area contributed by atoms with Gasteiger partial charge in [-0.1, -0.05) is 37.6 Å². The quantitative estimate of drug-likeness (QED) is 0.852. The number of rotatable bonds is 3. The average Bonchev–Trinajstić information content (AvgIpc) is 2.39. The van der Waals surface area contributed by atoms with Gasteiger partial charge in [-0.25, -0.2) is 0 Å². The lowest BCUT2D eigenvalue weighted by Gasteiger charge is -2.36. The van der Waals surface area contributed by atoms with Crippen LogP contribution in [0.15, 0.2) is 24.3 Å². The summed E-state index contributed by atoms with van der Waals surface area (Å²) in [7, 11) is 0. The van der Waals surface area contributed by atoms with Crippen LogP contribution in [0.1, 0.15) is 27.2 Å². The molecular weight excluding hydrogens is 274 g/mol. The third kappa shape index (κ3) is 3.66. The first-order chi connectivity index (χ1) is 9.47. The fourth-order valence-electron chi connectivity index (χ4n) is 2.88. The second-order valence-electron chi connectivity index (χ2n) is 5.88. The third-order valence-electron chi connectivity index (χ3n) is 3.67. The van der Waals surface area contributed by atoms with Gasteiger partial charge >= 0.3 is 0 Å². The van der Waals surface area contributed by atoms with Crippen LogP contribution >= 0.6 is 11.6 Å². The van der Waals surface area contributed by atoms with Crippen LogP contribution in [0.2, 0.25) is 5.02 Å². The first kappa shape index (κ1) is 15.2. The molecule has 1 aliphatic rings. The SMILES string of the molecule is CC1CC(C)CN(C(=O)C(C)Oc2ccccc2Cl)C1. The molecular formula is C16H22ClNO2. The van der Waals surface area contributed by atoms with E-state index in [9.17, 15) is 4.79 Å². The summed E-state index contributed by atoms with van der Waals surface area (Å²) >= 11 is 6.06. The minimum atomic E-state index is -0.507. The molecule has 3 unspecified atom stereocenters.